The summed E-state index contributed by atoms with van der Waals surface area (Å²) in [7, 11) is 0. The minimum atomic E-state index is -0.939. The summed E-state index contributed by atoms with van der Waals surface area (Å²) < 4.78 is 0. The van der Waals surface area contributed by atoms with Gasteiger partial charge in [-0.2, -0.15) is 0 Å². The molecule has 2 nitrogen and oxygen atoms in total. The molecule has 1 saturated carbocycles. The molecule has 0 aliphatic heterocycles. The zero-order chi connectivity index (χ0) is 14.0. The van der Waals surface area contributed by atoms with Crippen molar-refractivity contribution >= 4 is 0 Å². The Hall–Kier alpha value is -0.860. The molecule has 1 aromatic rings. The minimum absolute atomic E-state index is 0.491. The molecule has 2 N–H and O–H groups in total. The van der Waals surface area contributed by atoms with E-state index in [1.54, 1.807) is 0 Å². The van der Waals surface area contributed by atoms with Gasteiger partial charge >= 0.3 is 0 Å². The van der Waals surface area contributed by atoms with Crippen molar-refractivity contribution in [1.82, 2.24) is 0 Å². The van der Waals surface area contributed by atoms with Gasteiger partial charge in [-0.1, -0.05) is 45.0 Å². The average Bonchev–Trinajstić information content (AvgIpc) is 2.41. The molecule has 0 aromatic heterocycles. The summed E-state index contributed by atoms with van der Waals surface area (Å²) >= 11 is 0. The van der Waals surface area contributed by atoms with E-state index in [2.05, 4.69) is 32.9 Å². The Morgan fingerprint density at radius 3 is 2.00 bits per heavy atom. The number of aliphatic hydroxyl groups excluding tert-OH is 1. The fraction of sp³-hybridized carbons (Fsp3) is 0.647. The van der Waals surface area contributed by atoms with E-state index in [1.165, 1.54) is 5.56 Å². The Kier molecular flexibility index (Phi) is 4.32. The van der Waals surface area contributed by atoms with E-state index in [0.29, 0.717) is 24.7 Å². The van der Waals surface area contributed by atoms with Crippen LogP contribution in [-0.2, 0) is 0 Å². The van der Waals surface area contributed by atoms with Crippen molar-refractivity contribution in [3.05, 3.63) is 35.4 Å². The molecule has 2 heteroatoms. The summed E-state index contributed by atoms with van der Waals surface area (Å²) in [5.41, 5.74) is 1.16. The SMILES string of the molecule is CC1CCC(O)(C(O)c2ccc(C(C)C)cc2)CC1. The molecule has 0 radical (unpaired) electrons. The van der Waals surface area contributed by atoms with Gasteiger partial charge in [0.15, 0.2) is 0 Å². The maximum atomic E-state index is 10.6. The molecule has 0 spiro atoms. The molecule has 1 aromatic carbocycles. The van der Waals surface area contributed by atoms with Gasteiger partial charge in [0.1, 0.15) is 6.10 Å². The van der Waals surface area contributed by atoms with Crippen LogP contribution in [0.25, 0.3) is 0 Å². The van der Waals surface area contributed by atoms with Crippen molar-refractivity contribution in [1.29, 1.82) is 0 Å². The van der Waals surface area contributed by atoms with Crippen LogP contribution in [0.2, 0.25) is 0 Å². The monoisotopic (exact) mass is 262 g/mol. The Bertz CT molecular complexity index is 400. The maximum absolute atomic E-state index is 10.6. The lowest BCUT2D eigenvalue weighted by molar-refractivity contribution is -0.105. The predicted octanol–water partition coefficient (Wildman–Crippen LogP) is 3.78. The average molecular weight is 262 g/mol. The highest BCUT2D eigenvalue weighted by Gasteiger charge is 2.39. The Balaban J connectivity index is 2.12. The summed E-state index contributed by atoms with van der Waals surface area (Å²) in [6.45, 7) is 6.52. The summed E-state index contributed by atoms with van der Waals surface area (Å²) in [5, 5.41) is 21.1. The van der Waals surface area contributed by atoms with Gasteiger partial charge in [-0.15, -0.1) is 0 Å². The van der Waals surface area contributed by atoms with Gasteiger partial charge in [0, 0.05) is 0 Å². The zero-order valence-corrected chi connectivity index (χ0v) is 12.3. The summed E-state index contributed by atoms with van der Waals surface area (Å²) in [5.74, 6) is 1.15. The highest BCUT2D eigenvalue weighted by molar-refractivity contribution is 5.27. The first-order valence-corrected chi connectivity index (χ1v) is 7.42. The second-order valence-electron chi connectivity index (χ2n) is 6.51. The number of benzene rings is 1. The normalized spacial score (nSPS) is 29.5. The van der Waals surface area contributed by atoms with Crippen LogP contribution in [0.1, 0.15) is 69.6 Å². The molecule has 1 aliphatic rings. The van der Waals surface area contributed by atoms with Gasteiger partial charge in [-0.05, 0) is 48.6 Å². The lowest BCUT2D eigenvalue weighted by atomic mass is 9.75. The first-order chi connectivity index (χ1) is 8.92. The van der Waals surface area contributed by atoms with Gasteiger partial charge in [0.2, 0.25) is 0 Å². The van der Waals surface area contributed by atoms with Gasteiger partial charge < -0.3 is 10.2 Å². The largest absolute Gasteiger partial charge is 0.387 e. The smallest absolute Gasteiger partial charge is 0.108 e. The summed E-state index contributed by atoms with van der Waals surface area (Å²) in [6, 6.07) is 8.02. The van der Waals surface area contributed by atoms with Crippen LogP contribution in [0, 0.1) is 5.92 Å². The van der Waals surface area contributed by atoms with Gasteiger partial charge in [-0.3, -0.25) is 0 Å². The molecular weight excluding hydrogens is 236 g/mol. The van der Waals surface area contributed by atoms with E-state index in [9.17, 15) is 10.2 Å². The van der Waals surface area contributed by atoms with Crippen LogP contribution < -0.4 is 0 Å². The predicted molar refractivity (Wildman–Crippen MR) is 78.1 cm³/mol. The van der Waals surface area contributed by atoms with Crippen LogP contribution in [0.3, 0.4) is 0 Å². The Morgan fingerprint density at radius 2 is 1.53 bits per heavy atom. The van der Waals surface area contributed by atoms with E-state index >= 15 is 0 Å². The van der Waals surface area contributed by atoms with Crippen LogP contribution in [0.4, 0.5) is 0 Å². The van der Waals surface area contributed by atoms with Gasteiger partial charge in [0.25, 0.3) is 0 Å². The van der Waals surface area contributed by atoms with Crippen molar-refractivity contribution in [3.8, 4) is 0 Å². The first-order valence-electron chi connectivity index (χ1n) is 7.42. The number of aliphatic hydroxyl groups is 2. The van der Waals surface area contributed by atoms with Crippen LogP contribution in [0.15, 0.2) is 24.3 Å². The van der Waals surface area contributed by atoms with Gasteiger partial charge in [-0.25, -0.2) is 0 Å². The fourth-order valence-corrected chi connectivity index (χ4v) is 2.91. The van der Waals surface area contributed by atoms with Gasteiger partial charge in [0.05, 0.1) is 5.60 Å². The summed E-state index contributed by atoms with van der Waals surface area (Å²) in [4.78, 5) is 0. The Morgan fingerprint density at radius 1 is 1.05 bits per heavy atom. The number of hydrogen-bond donors (Lipinski definition) is 2. The zero-order valence-electron chi connectivity index (χ0n) is 12.3. The number of rotatable bonds is 3. The third kappa shape index (κ3) is 3.18. The summed E-state index contributed by atoms with van der Waals surface area (Å²) in [6.07, 6.45) is 2.62. The second kappa shape index (κ2) is 5.64. The quantitative estimate of drug-likeness (QED) is 0.870. The molecular formula is C17H26O2. The molecule has 106 valence electrons. The third-order valence-electron chi connectivity index (χ3n) is 4.57. The van der Waals surface area contributed by atoms with Crippen LogP contribution in [-0.4, -0.2) is 15.8 Å². The fourth-order valence-electron chi connectivity index (χ4n) is 2.91. The molecule has 19 heavy (non-hydrogen) atoms. The van der Waals surface area contributed by atoms with Crippen molar-refractivity contribution in [2.75, 3.05) is 0 Å². The van der Waals surface area contributed by atoms with Crippen molar-refractivity contribution in [2.45, 2.75) is 64.1 Å². The minimum Gasteiger partial charge on any atom is -0.387 e. The van der Waals surface area contributed by atoms with E-state index < -0.39 is 11.7 Å². The molecule has 1 unspecified atom stereocenters. The third-order valence-corrected chi connectivity index (χ3v) is 4.57. The molecule has 2 rings (SSSR count). The second-order valence-corrected chi connectivity index (χ2v) is 6.51. The highest BCUT2D eigenvalue weighted by atomic mass is 16.3. The molecule has 0 heterocycles. The van der Waals surface area contributed by atoms with E-state index in [1.807, 2.05) is 12.1 Å². The molecule has 1 fully saturated rings. The maximum Gasteiger partial charge on any atom is 0.108 e. The lowest BCUT2D eigenvalue weighted by Gasteiger charge is -2.38. The van der Waals surface area contributed by atoms with E-state index in [-0.39, 0.29) is 0 Å². The van der Waals surface area contributed by atoms with E-state index in [0.717, 1.165) is 18.4 Å². The topological polar surface area (TPSA) is 40.5 Å². The molecule has 0 amide bonds. The molecule has 1 atom stereocenters. The lowest BCUT2D eigenvalue weighted by Crippen LogP contribution is -2.39. The molecule has 0 saturated heterocycles. The van der Waals surface area contributed by atoms with Crippen LogP contribution >= 0.6 is 0 Å². The molecule has 1 aliphatic carbocycles. The van der Waals surface area contributed by atoms with Crippen molar-refractivity contribution in [3.63, 3.8) is 0 Å². The number of hydrogen-bond acceptors (Lipinski definition) is 2. The van der Waals surface area contributed by atoms with Crippen molar-refractivity contribution < 1.29 is 10.2 Å². The first kappa shape index (κ1) is 14.5. The highest BCUT2D eigenvalue weighted by Crippen LogP contribution is 2.40. The van der Waals surface area contributed by atoms with Crippen LogP contribution in [0.5, 0.6) is 0 Å². The Labute approximate surface area is 116 Å². The standard InChI is InChI=1S/C17H26O2/c1-12(2)14-4-6-15(7-5-14)16(18)17(19)10-8-13(3)9-11-17/h4-7,12-13,16,18-19H,8-11H2,1-3H3. The molecule has 0 bridgehead atoms. The van der Waals surface area contributed by atoms with E-state index in [4.69, 9.17) is 0 Å². The van der Waals surface area contributed by atoms with Crippen molar-refractivity contribution in [2.24, 2.45) is 5.92 Å².